The van der Waals surface area contributed by atoms with Crippen molar-refractivity contribution in [1.29, 1.82) is 0 Å². The van der Waals surface area contributed by atoms with Crippen LogP contribution in [0.1, 0.15) is 27.2 Å². The summed E-state index contributed by atoms with van der Waals surface area (Å²) in [5.74, 6) is 4.03. The molecule has 22 heavy (non-hydrogen) atoms. The lowest BCUT2D eigenvalue weighted by Gasteiger charge is -2.29. The number of rotatable bonds is 6. The first-order valence-electron chi connectivity index (χ1n) is 7.32. The summed E-state index contributed by atoms with van der Waals surface area (Å²) < 4.78 is 0. The number of amidine groups is 1. The van der Waals surface area contributed by atoms with Crippen molar-refractivity contribution in [3.63, 3.8) is 0 Å². The zero-order chi connectivity index (χ0) is 17.1. The molecule has 0 aliphatic heterocycles. The molecule has 0 radical (unpaired) electrons. The highest BCUT2D eigenvalue weighted by atomic mass is 79.9. The Labute approximate surface area is 144 Å². The van der Waals surface area contributed by atoms with Gasteiger partial charge in [0.15, 0.2) is 0 Å². The summed E-state index contributed by atoms with van der Waals surface area (Å²) in [5, 5.41) is 5.11. The second-order valence-electron chi connectivity index (χ2n) is 5.64. The second-order valence-corrected chi connectivity index (χ2v) is 6.43. The molecule has 0 aromatic heterocycles. The molecule has 4 nitrogen and oxygen atoms in total. The largest absolute Gasteiger partial charge is 0.339 e. The van der Waals surface area contributed by atoms with E-state index in [0.717, 1.165) is 29.7 Å². The Balaban J connectivity index is 5.11. The minimum atomic E-state index is 0.727. The van der Waals surface area contributed by atoms with Gasteiger partial charge in [-0.15, -0.1) is 0 Å². The molecule has 0 aromatic carbocycles. The minimum absolute atomic E-state index is 0.727. The Morgan fingerprint density at radius 1 is 1.14 bits per heavy atom. The van der Waals surface area contributed by atoms with Crippen LogP contribution in [0.5, 0.6) is 0 Å². The van der Waals surface area contributed by atoms with Crippen molar-refractivity contribution < 1.29 is 0 Å². The van der Waals surface area contributed by atoms with Crippen molar-refractivity contribution in [2.75, 3.05) is 40.1 Å². The summed E-state index contributed by atoms with van der Waals surface area (Å²) >= 11 is 3.47. The Morgan fingerprint density at radius 2 is 1.77 bits per heavy atom. The monoisotopic (exact) mass is 368 g/mol. The number of aliphatic imine (C=N–C) groups is 1. The van der Waals surface area contributed by atoms with Crippen molar-refractivity contribution in [3.8, 4) is 12.0 Å². The molecule has 0 aromatic rings. The van der Waals surface area contributed by atoms with Crippen LogP contribution in [0, 0.1) is 12.0 Å². The van der Waals surface area contributed by atoms with Gasteiger partial charge in [-0.25, -0.2) is 10.0 Å². The molecule has 124 valence electrons. The van der Waals surface area contributed by atoms with Gasteiger partial charge in [0.25, 0.3) is 0 Å². The summed E-state index contributed by atoms with van der Waals surface area (Å²) in [5.41, 5.74) is 2.36. The SMILES string of the molecule is CC(C)=CC(=N/C=C(\C)CC#CN(C)C)N(C)N(C)CCBr. The maximum absolute atomic E-state index is 4.63. The molecule has 0 saturated heterocycles. The maximum Gasteiger partial charge on any atom is 0.142 e. The third-order valence-electron chi connectivity index (χ3n) is 2.76. The molecule has 0 atom stereocenters. The third kappa shape index (κ3) is 9.64. The highest BCUT2D eigenvalue weighted by Crippen LogP contribution is 2.04. The fourth-order valence-electron chi connectivity index (χ4n) is 1.48. The summed E-state index contributed by atoms with van der Waals surface area (Å²) in [6.45, 7) is 7.12. The first kappa shape index (κ1) is 20.8. The van der Waals surface area contributed by atoms with Crippen LogP contribution in [-0.2, 0) is 0 Å². The zero-order valence-electron chi connectivity index (χ0n) is 14.9. The topological polar surface area (TPSA) is 22.1 Å². The third-order valence-corrected chi connectivity index (χ3v) is 3.11. The Morgan fingerprint density at radius 3 is 2.27 bits per heavy atom. The summed E-state index contributed by atoms with van der Waals surface area (Å²) in [6.07, 6.45) is 4.71. The summed E-state index contributed by atoms with van der Waals surface area (Å²) in [6, 6.07) is 3.01. The first-order valence-corrected chi connectivity index (χ1v) is 8.45. The molecule has 5 heteroatoms. The van der Waals surface area contributed by atoms with Crippen molar-refractivity contribution >= 4 is 21.8 Å². The predicted octanol–water partition coefficient (Wildman–Crippen LogP) is 3.34. The molecular weight excluding hydrogens is 340 g/mol. The highest BCUT2D eigenvalue weighted by Gasteiger charge is 2.08. The van der Waals surface area contributed by atoms with E-state index >= 15 is 0 Å². The van der Waals surface area contributed by atoms with Crippen LogP contribution in [-0.4, -0.2) is 60.8 Å². The molecule has 0 unspecified atom stereocenters. The number of hydrazine groups is 1. The molecule has 0 aliphatic rings. The normalized spacial score (nSPS) is 11.9. The van der Waals surface area contributed by atoms with Crippen LogP contribution in [0.15, 0.2) is 28.4 Å². The number of alkyl halides is 1. The van der Waals surface area contributed by atoms with Gasteiger partial charge in [-0.3, -0.25) is 5.01 Å². The lowest BCUT2D eigenvalue weighted by Crippen LogP contribution is -2.41. The van der Waals surface area contributed by atoms with Gasteiger partial charge in [0.05, 0.1) is 0 Å². The van der Waals surface area contributed by atoms with E-state index in [1.165, 1.54) is 5.57 Å². The Hall–Kier alpha value is -1.25. The van der Waals surface area contributed by atoms with Crippen LogP contribution in [0.2, 0.25) is 0 Å². The van der Waals surface area contributed by atoms with Gasteiger partial charge in [0, 0.05) is 58.7 Å². The lowest BCUT2D eigenvalue weighted by atomic mass is 10.2. The minimum Gasteiger partial charge on any atom is -0.339 e. The molecule has 0 rings (SSSR count). The molecule has 0 fully saturated rings. The second kappa shape index (κ2) is 11.3. The van der Waals surface area contributed by atoms with E-state index in [0.29, 0.717) is 0 Å². The quantitative estimate of drug-likeness (QED) is 0.179. The van der Waals surface area contributed by atoms with Crippen molar-refractivity contribution in [1.82, 2.24) is 14.9 Å². The van der Waals surface area contributed by atoms with Crippen LogP contribution in [0.3, 0.4) is 0 Å². The van der Waals surface area contributed by atoms with Crippen LogP contribution >= 0.6 is 15.9 Å². The van der Waals surface area contributed by atoms with Crippen LogP contribution in [0.4, 0.5) is 0 Å². The summed E-state index contributed by atoms with van der Waals surface area (Å²) in [4.78, 5) is 6.49. The number of hydrogen-bond acceptors (Lipinski definition) is 3. The molecular formula is C17H29BrN4. The van der Waals surface area contributed by atoms with Gasteiger partial charge in [0.2, 0.25) is 0 Å². The molecule has 0 bridgehead atoms. The van der Waals surface area contributed by atoms with Crippen LogP contribution in [0.25, 0.3) is 0 Å². The molecule has 0 aliphatic carbocycles. The van der Waals surface area contributed by atoms with E-state index < -0.39 is 0 Å². The van der Waals surface area contributed by atoms with Gasteiger partial charge in [0.1, 0.15) is 5.84 Å². The average molecular weight is 369 g/mol. The molecule has 0 N–H and O–H groups in total. The number of hydrogen-bond donors (Lipinski definition) is 0. The van der Waals surface area contributed by atoms with E-state index in [4.69, 9.17) is 0 Å². The smallest absolute Gasteiger partial charge is 0.142 e. The fraction of sp³-hybridized carbons (Fsp3) is 0.588. The average Bonchev–Trinajstić information content (AvgIpc) is 2.42. The Bertz CT molecular complexity index is 477. The van der Waals surface area contributed by atoms with E-state index in [-0.39, 0.29) is 0 Å². The first-order chi connectivity index (χ1) is 10.3. The molecule has 0 spiro atoms. The van der Waals surface area contributed by atoms with Crippen molar-refractivity contribution in [2.24, 2.45) is 4.99 Å². The van der Waals surface area contributed by atoms with E-state index in [9.17, 15) is 0 Å². The number of halogens is 1. The van der Waals surface area contributed by atoms with Gasteiger partial charge in [-0.05, 0) is 32.4 Å². The van der Waals surface area contributed by atoms with E-state index in [1.54, 1.807) is 0 Å². The van der Waals surface area contributed by atoms with Gasteiger partial charge in [-0.2, -0.15) is 0 Å². The number of nitrogens with zero attached hydrogens (tertiary/aromatic N) is 4. The zero-order valence-corrected chi connectivity index (χ0v) is 16.5. The van der Waals surface area contributed by atoms with Crippen molar-refractivity contribution in [3.05, 3.63) is 23.4 Å². The van der Waals surface area contributed by atoms with Crippen LogP contribution < -0.4 is 0 Å². The molecule has 0 amide bonds. The number of allylic oxidation sites excluding steroid dienone is 2. The lowest BCUT2D eigenvalue weighted by molar-refractivity contribution is 0.116. The highest BCUT2D eigenvalue weighted by molar-refractivity contribution is 9.09. The van der Waals surface area contributed by atoms with E-state index in [2.05, 4.69) is 76.8 Å². The summed E-state index contributed by atoms with van der Waals surface area (Å²) in [7, 11) is 7.95. The van der Waals surface area contributed by atoms with Gasteiger partial charge >= 0.3 is 0 Å². The van der Waals surface area contributed by atoms with Crippen molar-refractivity contribution in [2.45, 2.75) is 27.2 Å². The fourth-order valence-corrected chi connectivity index (χ4v) is 1.99. The Kier molecular flexibility index (Phi) is 10.7. The molecule has 0 heterocycles. The molecule has 0 saturated carbocycles. The van der Waals surface area contributed by atoms with Gasteiger partial charge < -0.3 is 4.90 Å². The van der Waals surface area contributed by atoms with E-state index in [1.807, 2.05) is 32.2 Å². The predicted molar refractivity (Wildman–Crippen MR) is 101 cm³/mol. The number of likely N-dealkylation sites (N-methyl/N-ethyl adjacent to an activating group) is 1. The maximum atomic E-state index is 4.63. The van der Waals surface area contributed by atoms with Gasteiger partial charge in [-0.1, -0.05) is 27.4 Å². The standard InChI is InChI=1S/C17H29BrN4/c1-15(2)13-17(22(7)21(6)12-10-18)19-14-16(3)9-8-11-20(4)5/h13-14H,9-10,12H2,1-7H3/b16-14+,19-17?.